The third-order valence-corrected chi connectivity index (χ3v) is 5.91. The first-order valence-corrected chi connectivity index (χ1v) is 9.92. The quantitative estimate of drug-likeness (QED) is 0.592. The first-order chi connectivity index (χ1) is 12.9. The molecule has 2 N–H and O–H groups in total. The number of alkyl halides is 3. The molecule has 3 heterocycles. The smallest absolute Gasteiger partial charge is 0.350 e. The van der Waals surface area contributed by atoms with Crippen molar-refractivity contribution in [2.75, 3.05) is 20.1 Å². The number of aromatic nitrogens is 1. The predicted octanol–water partition coefficient (Wildman–Crippen LogP) is 2.47. The van der Waals surface area contributed by atoms with Crippen LogP contribution in [-0.4, -0.2) is 41.9 Å². The lowest BCUT2D eigenvalue weighted by atomic mass is 10.1. The Morgan fingerprint density at radius 1 is 1.37 bits per heavy atom. The van der Waals surface area contributed by atoms with Crippen molar-refractivity contribution in [2.45, 2.75) is 25.7 Å². The summed E-state index contributed by atoms with van der Waals surface area (Å²) >= 11 is 2.63. The van der Waals surface area contributed by atoms with Crippen LogP contribution < -0.4 is 10.6 Å². The largest absolute Gasteiger partial charge is 0.434 e. The predicted molar refractivity (Wildman–Crippen MR) is 98.8 cm³/mol. The topological polar surface area (TPSA) is 69.6 Å². The van der Waals surface area contributed by atoms with Crippen LogP contribution in [0.5, 0.6) is 0 Å². The van der Waals surface area contributed by atoms with Gasteiger partial charge in [0, 0.05) is 30.4 Å². The van der Waals surface area contributed by atoms with Gasteiger partial charge in [-0.15, -0.1) is 22.7 Å². The van der Waals surface area contributed by atoms with E-state index in [2.05, 4.69) is 20.6 Å². The number of aliphatic imine (C=N–C) groups is 1. The Morgan fingerprint density at radius 2 is 2.19 bits per heavy atom. The van der Waals surface area contributed by atoms with Gasteiger partial charge in [0.05, 0.1) is 13.1 Å². The molecule has 0 atom stereocenters. The summed E-state index contributed by atoms with van der Waals surface area (Å²) in [6.07, 6.45) is -3.59. The highest BCUT2D eigenvalue weighted by Gasteiger charge is 2.33. The van der Waals surface area contributed by atoms with Gasteiger partial charge in [-0.25, -0.2) is 4.98 Å². The van der Waals surface area contributed by atoms with Gasteiger partial charge in [-0.2, -0.15) is 13.2 Å². The van der Waals surface area contributed by atoms with E-state index >= 15 is 0 Å². The minimum atomic E-state index is -4.45. The van der Waals surface area contributed by atoms with Crippen LogP contribution in [0.2, 0.25) is 0 Å². The van der Waals surface area contributed by atoms with Crippen molar-refractivity contribution < 1.29 is 18.0 Å². The van der Waals surface area contributed by atoms with E-state index in [9.17, 15) is 18.0 Å². The number of fused-ring (bicyclic) bond motifs is 1. The second kappa shape index (κ2) is 8.26. The van der Waals surface area contributed by atoms with Crippen molar-refractivity contribution in [3.05, 3.63) is 38.0 Å². The Balaban J connectivity index is 1.46. The van der Waals surface area contributed by atoms with Crippen LogP contribution in [0, 0.1) is 0 Å². The molecule has 2 aromatic heterocycles. The first kappa shape index (κ1) is 19.6. The molecule has 0 aliphatic carbocycles. The number of thiophene rings is 1. The zero-order valence-corrected chi connectivity index (χ0v) is 16.1. The molecule has 0 fully saturated rings. The molecule has 6 nitrogen and oxygen atoms in total. The van der Waals surface area contributed by atoms with E-state index in [-0.39, 0.29) is 24.0 Å². The highest BCUT2D eigenvalue weighted by Crippen LogP contribution is 2.29. The van der Waals surface area contributed by atoms with E-state index < -0.39 is 11.9 Å². The summed E-state index contributed by atoms with van der Waals surface area (Å²) in [5.41, 5.74) is 0.284. The van der Waals surface area contributed by atoms with Crippen molar-refractivity contribution >= 4 is 34.5 Å². The van der Waals surface area contributed by atoms with E-state index in [0.717, 1.165) is 23.1 Å². The van der Waals surface area contributed by atoms with Gasteiger partial charge < -0.3 is 15.5 Å². The molecular weight excluding hydrogens is 399 g/mol. The Bertz CT molecular complexity index is 830. The molecule has 1 aliphatic rings. The zero-order chi connectivity index (χ0) is 19.4. The molecule has 0 aromatic carbocycles. The summed E-state index contributed by atoms with van der Waals surface area (Å²) in [5.74, 6) is 0.281. The lowest BCUT2D eigenvalue weighted by molar-refractivity contribution is -0.140. The van der Waals surface area contributed by atoms with Gasteiger partial charge in [0.25, 0.3) is 0 Å². The van der Waals surface area contributed by atoms with Gasteiger partial charge in [-0.3, -0.25) is 9.79 Å². The summed E-state index contributed by atoms with van der Waals surface area (Å²) in [7, 11) is 1.53. The van der Waals surface area contributed by atoms with Crippen molar-refractivity contribution in [1.29, 1.82) is 0 Å². The standard InChI is InChI=1S/C16H18F3N5OS2/c1-20-15(21-6-13-23-12(9-27-13)16(17,18)19)22-7-14(25)24-4-2-11-10(8-24)3-5-26-11/h3,5,9H,2,4,6-8H2,1H3,(H2,20,21,22). The summed E-state index contributed by atoms with van der Waals surface area (Å²) in [5, 5.41) is 9.07. The lowest BCUT2D eigenvalue weighted by Gasteiger charge is -2.27. The van der Waals surface area contributed by atoms with E-state index in [4.69, 9.17) is 0 Å². The third-order valence-electron chi connectivity index (χ3n) is 4.04. The maximum atomic E-state index is 12.6. The molecule has 0 radical (unpaired) electrons. The summed E-state index contributed by atoms with van der Waals surface area (Å²) < 4.78 is 37.7. The molecule has 0 saturated heterocycles. The van der Waals surface area contributed by atoms with Gasteiger partial charge >= 0.3 is 6.18 Å². The number of nitrogens with zero attached hydrogens (tertiary/aromatic N) is 3. The van der Waals surface area contributed by atoms with Crippen molar-refractivity contribution in [1.82, 2.24) is 20.5 Å². The maximum absolute atomic E-state index is 12.6. The highest BCUT2D eigenvalue weighted by atomic mass is 32.1. The van der Waals surface area contributed by atoms with Crippen LogP contribution in [0.15, 0.2) is 21.8 Å². The monoisotopic (exact) mass is 417 g/mol. The fourth-order valence-corrected chi connectivity index (χ4v) is 4.26. The number of hydrogen-bond acceptors (Lipinski definition) is 5. The number of thiazole rings is 1. The zero-order valence-electron chi connectivity index (χ0n) is 14.5. The normalized spacial score (nSPS) is 14.8. The molecule has 1 aliphatic heterocycles. The minimum Gasteiger partial charge on any atom is -0.350 e. The fourth-order valence-electron chi connectivity index (χ4n) is 2.63. The molecule has 0 spiro atoms. The highest BCUT2D eigenvalue weighted by molar-refractivity contribution is 7.10. The molecule has 0 saturated carbocycles. The van der Waals surface area contributed by atoms with Crippen molar-refractivity contribution in [3.63, 3.8) is 0 Å². The molecule has 2 aromatic rings. The first-order valence-electron chi connectivity index (χ1n) is 8.16. The molecule has 0 unspecified atom stereocenters. The van der Waals surface area contributed by atoms with Crippen molar-refractivity contribution in [3.8, 4) is 0 Å². The van der Waals surface area contributed by atoms with Gasteiger partial charge in [0.2, 0.25) is 5.91 Å². The second-order valence-corrected chi connectivity index (χ2v) is 7.78. The van der Waals surface area contributed by atoms with E-state index in [0.29, 0.717) is 19.0 Å². The van der Waals surface area contributed by atoms with Crippen LogP contribution in [0.3, 0.4) is 0 Å². The third kappa shape index (κ3) is 4.98. The number of nitrogens with one attached hydrogen (secondary N) is 2. The Labute approximate surface area is 162 Å². The van der Waals surface area contributed by atoms with Crippen LogP contribution in [0.25, 0.3) is 0 Å². The molecule has 3 rings (SSSR count). The number of amides is 1. The van der Waals surface area contributed by atoms with Gasteiger partial charge in [-0.1, -0.05) is 0 Å². The number of carbonyl (C=O) groups is 1. The Morgan fingerprint density at radius 3 is 2.89 bits per heavy atom. The SMILES string of the molecule is CN=C(NCC(=O)N1CCc2sccc2C1)NCc1nc(C(F)(F)F)cs1. The van der Waals surface area contributed by atoms with Crippen LogP contribution >= 0.6 is 22.7 Å². The summed E-state index contributed by atoms with van der Waals surface area (Å²) in [6.45, 7) is 1.44. The Kier molecular flexibility index (Phi) is 6.00. The second-order valence-electron chi connectivity index (χ2n) is 5.84. The van der Waals surface area contributed by atoms with Crippen molar-refractivity contribution in [2.24, 2.45) is 4.99 Å². The van der Waals surface area contributed by atoms with E-state index in [1.165, 1.54) is 17.5 Å². The lowest BCUT2D eigenvalue weighted by Crippen LogP contribution is -2.45. The average molecular weight is 417 g/mol. The molecule has 1 amide bonds. The molecule has 27 heavy (non-hydrogen) atoms. The van der Waals surface area contributed by atoms with E-state index in [1.54, 1.807) is 16.2 Å². The summed E-state index contributed by atoms with van der Waals surface area (Å²) in [4.78, 5) is 23.0. The number of halogens is 3. The number of hydrogen-bond donors (Lipinski definition) is 2. The minimum absolute atomic E-state index is 0.0524. The molecule has 146 valence electrons. The maximum Gasteiger partial charge on any atom is 0.434 e. The molecule has 0 bridgehead atoms. The van der Waals surface area contributed by atoms with Crippen LogP contribution in [-0.2, 0) is 30.5 Å². The Hall–Kier alpha value is -2.14. The van der Waals surface area contributed by atoms with E-state index in [1.807, 2.05) is 11.4 Å². The fraction of sp³-hybridized carbons (Fsp3) is 0.438. The van der Waals surface area contributed by atoms with Gasteiger partial charge in [-0.05, 0) is 23.4 Å². The van der Waals surface area contributed by atoms with Crippen LogP contribution in [0.4, 0.5) is 13.2 Å². The average Bonchev–Trinajstić information content (AvgIpc) is 3.29. The molecule has 11 heteroatoms. The van der Waals surface area contributed by atoms with Gasteiger partial charge in [0.15, 0.2) is 11.7 Å². The number of carbonyl (C=O) groups excluding carboxylic acids is 1. The number of rotatable bonds is 4. The number of guanidine groups is 1. The van der Waals surface area contributed by atoms with Gasteiger partial charge in [0.1, 0.15) is 5.01 Å². The summed E-state index contributed by atoms with van der Waals surface area (Å²) in [6, 6.07) is 2.04. The van der Waals surface area contributed by atoms with Crippen LogP contribution in [0.1, 0.15) is 21.1 Å². The molecular formula is C16H18F3N5OS2.